The Hall–Kier alpha value is -3.53. The van der Waals surface area contributed by atoms with Crippen molar-refractivity contribution in [3.05, 3.63) is 101 Å². The molecule has 0 spiro atoms. The lowest BCUT2D eigenvalue weighted by molar-refractivity contribution is -0.123. The van der Waals surface area contributed by atoms with Gasteiger partial charge in [-0.1, -0.05) is 66.7 Å². The Kier molecular flexibility index (Phi) is 5.84. The number of aromatic nitrogens is 1. The zero-order valence-corrected chi connectivity index (χ0v) is 17.3. The number of amides is 1. The molecule has 0 saturated heterocycles. The fourth-order valence-electron chi connectivity index (χ4n) is 3.91. The van der Waals surface area contributed by atoms with Crippen molar-refractivity contribution in [2.24, 2.45) is 0 Å². The molecule has 3 aromatic carbocycles. The van der Waals surface area contributed by atoms with Gasteiger partial charge in [0.25, 0.3) is 5.91 Å². The average molecular weight is 399 g/mol. The van der Waals surface area contributed by atoms with Gasteiger partial charge in [-0.2, -0.15) is 0 Å². The van der Waals surface area contributed by atoms with Crippen molar-refractivity contribution in [2.75, 3.05) is 13.2 Å². The third kappa shape index (κ3) is 4.23. The van der Waals surface area contributed by atoms with Crippen molar-refractivity contribution >= 4 is 16.8 Å². The molecule has 4 rings (SSSR count). The highest BCUT2D eigenvalue weighted by Gasteiger charge is 2.19. The molecule has 152 valence electrons. The lowest BCUT2D eigenvalue weighted by atomic mass is 9.91. The van der Waals surface area contributed by atoms with Crippen molar-refractivity contribution in [3.63, 3.8) is 0 Å². The van der Waals surface area contributed by atoms with Crippen molar-refractivity contribution in [1.29, 1.82) is 0 Å². The molecule has 4 aromatic rings. The monoisotopic (exact) mass is 398 g/mol. The Morgan fingerprint density at radius 1 is 0.933 bits per heavy atom. The van der Waals surface area contributed by atoms with Gasteiger partial charge in [-0.25, -0.2) is 0 Å². The van der Waals surface area contributed by atoms with E-state index in [0.717, 1.165) is 22.4 Å². The summed E-state index contributed by atoms with van der Waals surface area (Å²) < 4.78 is 5.81. The average Bonchev–Trinajstić information content (AvgIpc) is 3.18. The molecule has 0 fully saturated rings. The van der Waals surface area contributed by atoms with Crippen molar-refractivity contribution in [2.45, 2.75) is 19.8 Å². The number of para-hydroxylation sites is 2. The molecule has 2 N–H and O–H groups in total. The Bertz CT molecular complexity index is 1130. The van der Waals surface area contributed by atoms with E-state index in [4.69, 9.17) is 4.74 Å². The van der Waals surface area contributed by atoms with Gasteiger partial charge in [0, 0.05) is 29.6 Å². The normalized spacial score (nSPS) is 11.9. The van der Waals surface area contributed by atoms with Crippen molar-refractivity contribution < 1.29 is 9.53 Å². The third-order valence-electron chi connectivity index (χ3n) is 5.46. The van der Waals surface area contributed by atoms with Gasteiger partial charge in [-0.3, -0.25) is 4.79 Å². The SMILES string of the molecule is Cc1cccc(C)c1OCC(=O)NCC(c1ccccc1)c1c[nH]c2ccccc12. The minimum absolute atomic E-state index is 0.00108. The lowest BCUT2D eigenvalue weighted by Crippen LogP contribution is -2.33. The highest BCUT2D eigenvalue weighted by Crippen LogP contribution is 2.30. The van der Waals surface area contributed by atoms with E-state index >= 15 is 0 Å². The topological polar surface area (TPSA) is 54.1 Å². The highest BCUT2D eigenvalue weighted by atomic mass is 16.5. The molecule has 1 heterocycles. The third-order valence-corrected chi connectivity index (χ3v) is 5.46. The number of hydrogen-bond donors (Lipinski definition) is 2. The molecular weight excluding hydrogens is 372 g/mol. The number of aromatic amines is 1. The fraction of sp³-hybridized carbons (Fsp3) is 0.192. The van der Waals surface area contributed by atoms with Gasteiger partial charge in [0.05, 0.1) is 0 Å². The summed E-state index contributed by atoms with van der Waals surface area (Å²) in [6.07, 6.45) is 2.04. The van der Waals surface area contributed by atoms with E-state index in [1.165, 1.54) is 16.5 Å². The maximum absolute atomic E-state index is 12.6. The zero-order chi connectivity index (χ0) is 20.9. The molecule has 1 aromatic heterocycles. The Labute approximate surface area is 176 Å². The van der Waals surface area contributed by atoms with E-state index in [-0.39, 0.29) is 18.4 Å². The predicted molar refractivity (Wildman–Crippen MR) is 121 cm³/mol. The number of rotatable bonds is 7. The van der Waals surface area contributed by atoms with Crippen LogP contribution in [0.3, 0.4) is 0 Å². The molecule has 0 aliphatic heterocycles. The molecule has 1 atom stereocenters. The minimum Gasteiger partial charge on any atom is -0.483 e. The Balaban J connectivity index is 1.50. The summed E-state index contributed by atoms with van der Waals surface area (Å²) in [6.45, 7) is 4.48. The van der Waals surface area contributed by atoms with Crippen LogP contribution < -0.4 is 10.1 Å². The van der Waals surface area contributed by atoms with E-state index in [0.29, 0.717) is 6.54 Å². The second-order valence-corrected chi connectivity index (χ2v) is 7.57. The molecular formula is C26H26N2O2. The molecule has 4 nitrogen and oxygen atoms in total. The van der Waals surface area contributed by atoms with Gasteiger partial charge in [0.15, 0.2) is 6.61 Å². The van der Waals surface area contributed by atoms with E-state index in [1.807, 2.05) is 68.6 Å². The number of nitrogens with one attached hydrogen (secondary N) is 2. The van der Waals surface area contributed by atoms with Crippen LogP contribution in [0.15, 0.2) is 79.0 Å². The maximum Gasteiger partial charge on any atom is 0.257 e. The molecule has 0 aliphatic rings. The number of carbonyl (C=O) groups is 1. The summed E-state index contributed by atoms with van der Waals surface area (Å²) >= 11 is 0. The number of H-pyrrole nitrogens is 1. The van der Waals surface area contributed by atoms with Crippen LogP contribution in [0.2, 0.25) is 0 Å². The predicted octanol–water partition coefficient (Wildman–Crippen LogP) is 5.11. The van der Waals surface area contributed by atoms with Crippen LogP contribution in [-0.2, 0) is 4.79 Å². The van der Waals surface area contributed by atoms with Gasteiger partial charge in [-0.15, -0.1) is 0 Å². The molecule has 1 amide bonds. The largest absolute Gasteiger partial charge is 0.483 e. The minimum atomic E-state index is -0.126. The van der Waals surface area contributed by atoms with Crippen LogP contribution >= 0.6 is 0 Å². The number of aryl methyl sites for hydroxylation is 2. The zero-order valence-electron chi connectivity index (χ0n) is 17.3. The van der Waals surface area contributed by atoms with Gasteiger partial charge >= 0.3 is 0 Å². The summed E-state index contributed by atoms with van der Waals surface area (Å²) in [5.74, 6) is 0.703. The van der Waals surface area contributed by atoms with Gasteiger partial charge in [-0.05, 0) is 42.2 Å². The van der Waals surface area contributed by atoms with Gasteiger partial charge in [0.1, 0.15) is 5.75 Å². The van der Waals surface area contributed by atoms with Crippen molar-refractivity contribution in [1.82, 2.24) is 10.3 Å². The highest BCUT2D eigenvalue weighted by molar-refractivity contribution is 5.84. The fourth-order valence-corrected chi connectivity index (χ4v) is 3.91. The summed E-state index contributed by atoms with van der Waals surface area (Å²) in [7, 11) is 0. The van der Waals surface area contributed by atoms with E-state index in [9.17, 15) is 4.79 Å². The molecule has 30 heavy (non-hydrogen) atoms. The first-order chi connectivity index (χ1) is 14.6. The molecule has 1 unspecified atom stereocenters. The number of hydrogen-bond acceptors (Lipinski definition) is 2. The number of carbonyl (C=O) groups excluding carboxylic acids is 1. The second-order valence-electron chi connectivity index (χ2n) is 7.57. The summed E-state index contributed by atoms with van der Waals surface area (Å²) in [6, 6.07) is 24.5. The molecule has 0 aliphatic carbocycles. The Morgan fingerprint density at radius 2 is 1.63 bits per heavy atom. The first-order valence-corrected chi connectivity index (χ1v) is 10.2. The quantitative estimate of drug-likeness (QED) is 0.454. The first kappa shape index (κ1) is 19.8. The second kappa shape index (κ2) is 8.87. The summed E-state index contributed by atoms with van der Waals surface area (Å²) in [4.78, 5) is 15.9. The molecule has 4 heteroatoms. The van der Waals surface area contributed by atoms with Crippen LogP contribution in [0.5, 0.6) is 5.75 Å². The van der Waals surface area contributed by atoms with Gasteiger partial charge in [0.2, 0.25) is 0 Å². The maximum atomic E-state index is 12.6. The van der Waals surface area contributed by atoms with Crippen LogP contribution in [0.25, 0.3) is 10.9 Å². The van der Waals surface area contributed by atoms with E-state index < -0.39 is 0 Å². The number of fused-ring (bicyclic) bond motifs is 1. The smallest absolute Gasteiger partial charge is 0.257 e. The van der Waals surface area contributed by atoms with Crippen molar-refractivity contribution in [3.8, 4) is 5.75 Å². The van der Waals surface area contributed by atoms with Crippen LogP contribution in [0.1, 0.15) is 28.2 Å². The van der Waals surface area contributed by atoms with E-state index in [1.54, 1.807) is 0 Å². The summed E-state index contributed by atoms with van der Waals surface area (Å²) in [5, 5.41) is 4.24. The summed E-state index contributed by atoms with van der Waals surface area (Å²) in [5.41, 5.74) is 5.50. The van der Waals surface area contributed by atoms with E-state index in [2.05, 4.69) is 34.6 Å². The van der Waals surface area contributed by atoms with Crippen LogP contribution in [0.4, 0.5) is 0 Å². The first-order valence-electron chi connectivity index (χ1n) is 10.2. The van der Waals surface area contributed by atoms with Crippen LogP contribution in [0, 0.1) is 13.8 Å². The Morgan fingerprint density at radius 3 is 2.40 bits per heavy atom. The number of benzene rings is 3. The standard InChI is InChI=1S/C26H26N2O2/c1-18-9-8-10-19(2)26(18)30-17-25(29)28-15-22(20-11-4-3-5-12-20)23-16-27-24-14-7-6-13-21(23)24/h3-14,16,22,27H,15,17H2,1-2H3,(H,28,29). The lowest BCUT2D eigenvalue weighted by Gasteiger charge is -2.19. The number of ether oxygens (including phenoxy) is 1. The van der Waals surface area contributed by atoms with Crippen LogP contribution in [-0.4, -0.2) is 24.0 Å². The van der Waals surface area contributed by atoms with Gasteiger partial charge < -0.3 is 15.0 Å². The molecule has 0 radical (unpaired) electrons. The molecule has 0 saturated carbocycles. The molecule has 0 bridgehead atoms.